The van der Waals surface area contributed by atoms with Crippen LogP contribution in [0.1, 0.15) is 43.4 Å². The van der Waals surface area contributed by atoms with Gasteiger partial charge in [0, 0.05) is 12.5 Å². The quantitative estimate of drug-likeness (QED) is 0.834. The lowest BCUT2D eigenvalue weighted by Gasteiger charge is -2.14. The molecule has 4 heteroatoms. The average molecular weight is 245 g/mol. The van der Waals surface area contributed by atoms with Crippen molar-refractivity contribution in [1.29, 1.82) is 0 Å². The van der Waals surface area contributed by atoms with Crippen LogP contribution in [0.3, 0.4) is 0 Å². The highest BCUT2D eigenvalue weighted by Gasteiger charge is 2.27. The van der Waals surface area contributed by atoms with Gasteiger partial charge in [0.15, 0.2) is 0 Å². The largest absolute Gasteiger partial charge is 0.389 e. The third-order valence-corrected chi connectivity index (χ3v) is 2.69. The van der Waals surface area contributed by atoms with E-state index in [1.807, 2.05) is 24.3 Å². The number of alkyl halides is 3. The van der Waals surface area contributed by atoms with Crippen LogP contribution in [0.25, 0.3) is 0 Å². The summed E-state index contributed by atoms with van der Waals surface area (Å²) < 4.78 is 36.1. The molecule has 17 heavy (non-hydrogen) atoms. The summed E-state index contributed by atoms with van der Waals surface area (Å²) >= 11 is 0. The van der Waals surface area contributed by atoms with Gasteiger partial charge in [-0.1, -0.05) is 37.6 Å². The molecular weight excluding hydrogens is 227 g/mol. The highest BCUT2D eigenvalue weighted by Crippen LogP contribution is 2.26. The summed E-state index contributed by atoms with van der Waals surface area (Å²) in [6.45, 7) is 2.09. The predicted molar refractivity (Wildman–Crippen MR) is 62.7 cm³/mol. The topological polar surface area (TPSA) is 26.0 Å². The van der Waals surface area contributed by atoms with Crippen molar-refractivity contribution < 1.29 is 13.2 Å². The van der Waals surface area contributed by atoms with E-state index in [2.05, 4.69) is 6.92 Å². The molecule has 1 rings (SSSR count). The Bertz CT molecular complexity index is 330. The van der Waals surface area contributed by atoms with E-state index < -0.39 is 18.6 Å². The first-order chi connectivity index (χ1) is 7.92. The first-order valence-corrected chi connectivity index (χ1v) is 5.83. The molecule has 1 atom stereocenters. The zero-order valence-electron chi connectivity index (χ0n) is 9.93. The second kappa shape index (κ2) is 6.05. The number of hydrogen-bond acceptors (Lipinski definition) is 1. The van der Waals surface area contributed by atoms with Crippen LogP contribution in [0.15, 0.2) is 24.3 Å². The predicted octanol–water partition coefficient (Wildman–Crippen LogP) is 3.98. The number of aryl methyl sites for hydroxylation is 1. The fraction of sp³-hybridized carbons (Fsp3) is 0.538. The van der Waals surface area contributed by atoms with E-state index in [0.717, 1.165) is 18.4 Å². The minimum absolute atomic E-state index is 0.0589. The van der Waals surface area contributed by atoms with E-state index in [0.29, 0.717) is 0 Å². The molecule has 0 bridgehead atoms. The molecule has 1 aromatic rings. The summed E-state index contributed by atoms with van der Waals surface area (Å²) in [6, 6.07) is 6.99. The fourth-order valence-electron chi connectivity index (χ4n) is 1.71. The Morgan fingerprint density at radius 3 is 2.24 bits per heavy atom. The van der Waals surface area contributed by atoms with Crippen LogP contribution < -0.4 is 5.73 Å². The average Bonchev–Trinajstić information content (AvgIpc) is 2.26. The van der Waals surface area contributed by atoms with E-state index in [4.69, 9.17) is 5.73 Å². The van der Waals surface area contributed by atoms with Gasteiger partial charge in [0.2, 0.25) is 0 Å². The van der Waals surface area contributed by atoms with Gasteiger partial charge in [-0.25, -0.2) is 0 Å². The second-order valence-electron chi connectivity index (χ2n) is 4.25. The second-order valence-corrected chi connectivity index (χ2v) is 4.25. The Morgan fingerprint density at radius 1 is 1.18 bits per heavy atom. The molecule has 0 aliphatic rings. The summed E-state index contributed by atoms with van der Waals surface area (Å²) in [5.41, 5.74) is 7.69. The van der Waals surface area contributed by atoms with Gasteiger partial charge in [-0.2, -0.15) is 13.2 Å². The Balaban J connectivity index is 2.54. The van der Waals surface area contributed by atoms with Crippen LogP contribution in [0, 0.1) is 0 Å². The van der Waals surface area contributed by atoms with Gasteiger partial charge in [0.25, 0.3) is 0 Å². The molecule has 0 spiro atoms. The maximum Gasteiger partial charge on any atom is 0.389 e. The molecule has 0 aliphatic heterocycles. The van der Waals surface area contributed by atoms with E-state index in [1.165, 1.54) is 5.56 Å². The summed E-state index contributed by atoms with van der Waals surface area (Å²) in [6.07, 6.45) is -2.97. The molecule has 0 saturated carbocycles. The molecule has 96 valence electrons. The van der Waals surface area contributed by atoms with E-state index >= 15 is 0 Å². The molecule has 0 radical (unpaired) electrons. The van der Waals surface area contributed by atoms with Gasteiger partial charge >= 0.3 is 6.18 Å². The Labute approximate surface area is 99.8 Å². The summed E-state index contributed by atoms with van der Waals surface area (Å²) in [7, 11) is 0. The van der Waals surface area contributed by atoms with Crippen LogP contribution in [-0.2, 0) is 6.42 Å². The van der Waals surface area contributed by atoms with Gasteiger partial charge < -0.3 is 5.73 Å². The summed E-state index contributed by atoms with van der Waals surface area (Å²) in [4.78, 5) is 0. The number of rotatable bonds is 5. The third kappa shape index (κ3) is 5.22. The lowest BCUT2D eigenvalue weighted by Crippen LogP contribution is -2.15. The van der Waals surface area contributed by atoms with Crippen molar-refractivity contribution in [2.75, 3.05) is 0 Å². The van der Waals surface area contributed by atoms with Gasteiger partial charge in [-0.15, -0.1) is 0 Å². The van der Waals surface area contributed by atoms with E-state index in [1.54, 1.807) is 0 Å². The number of hydrogen-bond donors (Lipinski definition) is 1. The van der Waals surface area contributed by atoms with Crippen molar-refractivity contribution in [2.45, 2.75) is 44.8 Å². The molecule has 0 aromatic heterocycles. The highest BCUT2D eigenvalue weighted by molar-refractivity contribution is 5.24. The molecule has 0 amide bonds. The van der Waals surface area contributed by atoms with Crippen molar-refractivity contribution >= 4 is 0 Å². The highest BCUT2D eigenvalue weighted by atomic mass is 19.4. The maximum absolute atomic E-state index is 12.0. The van der Waals surface area contributed by atoms with Gasteiger partial charge in [-0.05, 0) is 24.0 Å². The van der Waals surface area contributed by atoms with Gasteiger partial charge in [-0.3, -0.25) is 0 Å². The van der Waals surface area contributed by atoms with Crippen molar-refractivity contribution in [2.24, 2.45) is 5.73 Å². The van der Waals surface area contributed by atoms with Crippen molar-refractivity contribution in [3.63, 3.8) is 0 Å². The van der Waals surface area contributed by atoms with Gasteiger partial charge in [0.1, 0.15) is 0 Å². The zero-order chi connectivity index (χ0) is 12.9. The van der Waals surface area contributed by atoms with Gasteiger partial charge in [0.05, 0.1) is 0 Å². The fourth-order valence-corrected chi connectivity index (χ4v) is 1.71. The van der Waals surface area contributed by atoms with Crippen LogP contribution in [0.5, 0.6) is 0 Å². The lowest BCUT2D eigenvalue weighted by atomic mass is 10.0. The van der Waals surface area contributed by atoms with E-state index in [9.17, 15) is 13.2 Å². The standard InChI is InChI=1S/C13H18F3N/c1-2-3-10-4-6-11(7-5-10)12(17)8-9-13(14,15)16/h4-7,12H,2-3,8-9,17H2,1H3. The molecule has 1 unspecified atom stereocenters. The summed E-state index contributed by atoms with van der Waals surface area (Å²) in [5, 5.41) is 0. The minimum Gasteiger partial charge on any atom is -0.324 e. The smallest absolute Gasteiger partial charge is 0.324 e. The molecular formula is C13H18F3N. The molecule has 0 fully saturated rings. The molecule has 0 saturated heterocycles. The maximum atomic E-state index is 12.0. The first-order valence-electron chi connectivity index (χ1n) is 5.83. The van der Waals surface area contributed by atoms with Crippen LogP contribution >= 0.6 is 0 Å². The Morgan fingerprint density at radius 2 is 1.76 bits per heavy atom. The lowest BCUT2D eigenvalue weighted by molar-refractivity contribution is -0.136. The monoisotopic (exact) mass is 245 g/mol. The van der Waals surface area contributed by atoms with Crippen molar-refractivity contribution in [3.8, 4) is 0 Å². The zero-order valence-corrected chi connectivity index (χ0v) is 9.93. The number of benzene rings is 1. The van der Waals surface area contributed by atoms with Crippen molar-refractivity contribution in [1.82, 2.24) is 0 Å². The SMILES string of the molecule is CCCc1ccc(C(N)CCC(F)(F)F)cc1. The minimum atomic E-state index is -4.13. The Hall–Kier alpha value is -1.03. The molecule has 0 aliphatic carbocycles. The molecule has 1 aromatic carbocycles. The normalized spacial score (nSPS) is 13.7. The molecule has 0 heterocycles. The van der Waals surface area contributed by atoms with E-state index in [-0.39, 0.29) is 6.42 Å². The molecule has 2 N–H and O–H groups in total. The van der Waals surface area contributed by atoms with Crippen LogP contribution in [0.4, 0.5) is 13.2 Å². The molecule has 1 nitrogen and oxygen atoms in total. The Kier molecular flexibility index (Phi) is 5.00. The number of nitrogens with two attached hydrogens (primary N) is 1. The first kappa shape index (κ1) is 14.0. The van der Waals surface area contributed by atoms with Crippen LogP contribution in [-0.4, -0.2) is 6.18 Å². The summed E-state index contributed by atoms with van der Waals surface area (Å²) in [5.74, 6) is 0. The van der Waals surface area contributed by atoms with Crippen LogP contribution in [0.2, 0.25) is 0 Å². The number of halogens is 3. The third-order valence-electron chi connectivity index (χ3n) is 2.69. The van der Waals surface area contributed by atoms with Crippen molar-refractivity contribution in [3.05, 3.63) is 35.4 Å².